The van der Waals surface area contributed by atoms with E-state index in [1.165, 1.54) is 23.1 Å². The second-order valence-electron chi connectivity index (χ2n) is 7.36. The van der Waals surface area contributed by atoms with Crippen LogP contribution in [0.2, 0.25) is 0 Å². The van der Waals surface area contributed by atoms with Crippen molar-refractivity contribution in [1.29, 1.82) is 0 Å². The Labute approximate surface area is 170 Å². The maximum absolute atomic E-state index is 13.7. The zero-order valence-corrected chi connectivity index (χ0v) is 17.1. The average Bonchev–Trinajstić information content (AvgIpc) is 2.68. The molecule has 7 nitrogen and oxygen atoms in total. The number of benzene rings is 1. The summed E-state index contributed by atoms with van der Waals surface area (Å²) in [7, 11) is 0. The molecule has 2 N–H and O–H groups in total. The zero-order chi connectivity index (χ0) is 21.6. The second-order valence-corrected chi connectivity index (χ2v) is 7.36. The Hall–Kier alpha value is -2.10. The molecule has 1 saturated heterocycles. The number of carbonyl (C=O) groups excluding carboxylic acids is 2. The van der Waals surface area contributed by atoms with Crippen LogP contribution in [-0.2, 0) is 14.3 Å². The minimum atomic E-state index is -2.81. The van der Waals surface area contributed by atoms with Gasteiger partial charge in [-0.1, -0.05) is 20.8 Å². The molecule has 9 heteroatoms. The molecule has 2 amide bonds. The van der Waals surface area contributed by atoms with Crippen LogP contribution in [0.5, 0.6) is 0 Å². The Kier molecular flexibility index (Phi) is 8.48. The van der Waals surface area contributed by atoms with Gasteiger partial charge in [0.05, 0.1) is 18.3 Å². The van der Waals surface area contributed by atoms with Gasteiger partial charge >= 0.3 is 0 Å². The van der Waals surface area contributed by atoms with E-state index in [9.17, 15) is 18.4 Å². The summed E-state index contributed by atoms with van der Waals surface area (Å²) in [6.07, 6.45) is -2.81. The van der Waals surface area contributed by atoms with Gasteiger partial charge in [0.15, 0.2) is 0 Å². The van der Waals surface area contributed by atoms with Crippen LogP contribution in [0.15, 0.2) is 18.2 Å². The van der Waals surface area contributed by atoms with Crippen LogP contribution in [-0.4, -0.2) is 62.1 Å². The topological polar surface area (TPSA) is 85.7 Å². The van der Waals surface area contributed by atoms with E-state index in [2.05, 4.69) is 5.32 Å². The molecule has 29 heavy (non-hydrogen) atoms. The van der Waals surface area contributed by atoms with Gasteiger partial charge in [-0.3, -0.25) is 14.5 Å². The van der Waals surface area contributed by atoms with Gasteiger partial charge < -0.3 is 20.7 Å². The summed E-state index contributed by atoms with van der Waals surface area (Å²) in [5, 5.41) is 2.66. The number of halogens is 2. The molecule has 0 saturated carbocycles. The zero-order valence-electron chi connectivity index (χ0n) is 17.1. The van der Waals surface area contributed by atoms with Crippen LogP contribution >= 0.6 is 0 Å². The van der Waals surface area contributed by atoms with Crippen LogP contribution in [0, 0.1) is 5.92 Å². The molecule has 162 valence electrons. The van der Waals surface area contributed by atoms with Gasteiger partial charge in [-0.25, -0.2) is 8.78 Å². The number of nitrogens with zero attached hydrogens (tertiary/aromatic N) is 2. The lowest BCUT2D eigenvalue weighted by Crippen LogP contribution is -2.47. The van der Waals surface area contributed by atoms with Crippen molar-refractivity contribution in [3.05, 3.63) is 29.5 Å². The first-order valence-corrected chi connectivity index (χ1v) is 9.78. The molecule has 1 aromatic rings. The van der Waals surface area contributed by atoms with Gasteiger partial charge in [-0.2, -0.15) is 0 Å². The van der Waals surface area contributed by atoms with E-state index in [1.54, 1.807) is 0 Å². The molecule has 0 bridgehead atoms. The van der Waals surface area contributed by atoms with Gasteiger partial charge in [0, 0.05) is 24.3 Å². The number of likely N-dealkylation sites (N-methyl/N-ethyl adjacent to an activating group) is 1. The van der Waals surface area contributed by atoms with Crippen molar-refractivity contribution in [2.45, 2.75) is 33.2 Å². The molecule has 2 rings (SSSR count). The Morgan fingerprint density at radius 2 is 2.10 bits per heavy atom. The van der Waals surface area contributed by atoms with Crippen molar-refractivity contribution in [1.82, 2.24) is 4.90 Å². The molecule has 1 fully saturated rings. The van der Waals surface area contributed by atoms with E-state index in [4.69, 9.17) is 10.5 Å². The smallest absolute Gasteiger partial charge is 0.265 e. The highest BCUT2D eigenvalue weighted by atomic mass is 19.3. The van der Waals surface area contributed by atoms with Crippen LogP contribution in [0.25, 0.3) is 5.73 Å². The third-order valence-corrected chi connectivity index (χ3v) is 4.75. The molecule has 0 aromatic heterocycles. The lowest BCUT2D eigenvalue weighted by Gasteiger charge is -2.33. The van der Waals surface area contributed by atoms with Crippen molar-refractivity contribution < 1.29 is 23.1 Å². The first kappa shape index (κ1) is 23.2. The van der Waals surface area contributed by atoms with E-state index in [0.29, 0.717) is 19.0 Å². The van der Waals surface area contributed by atoms with Gasteiger partial charge in [0.25, 0.3) is 12.3 Å². The lowest BCUT2D eigenvalue weighted by atomic mass is 10.1. The predicted octanol–water partition coefficient (Wildman–Crippen LogP) is 3.32. The number of hydrogen-bond donors (Lipinski definition) is 1. The number of hydrogen-bond acceptors (Lipinski definition) is 4. The van der Waals surface area contributed by atoms with Crippen molar-refractivity contribution in [2.75, 3.05) is 49.6 Å². The quantitative estimate of drug-likeness (QED) is 0.675. The number of amides is 2. The fourth-order valence-corrected chi connectivity index (χ4v) is 3.38. The molecule has 1 aliphatic heterocycles. The SMILES string of the molecule is CCN(CC(C)C)[C@@H](C[NH-])C(=O)Nc1ccc(N2CCOCC2=O)c(C(F)F)c1. The molecule has 0 spiro atoms. The maximum Gasteiger partial charge on any atom is 0.265 e. The summed E-state index contributed by atoms with van der Waals surface area (Å²) in [5.74, 6) is -0.457. The lowest BCUT2D eigenvalue weighted by molar-refractivity contribution is -0.125. The number of ether oxygens (including phenoxy) is 1. The summed E-state index contributed by atoms with van der Waals surface area (Å²) >= 11 is 0. The predicted molar refractivity (Wildman–Crippen MR) is 108 cm³/mol. The largest absolute Gasteiger partial charge is 0.676 e. The number of nitrogens with one attached hydrogen (secondary N) is 2. The molecule has 1 heterocycles. The summed E-state index contributed by atoms with van der Waals surface area (Å²) in [4.78, 5) is 27.9. The normalized spacial score (nSPS) is 16.0. The van der Waals surface area contributed by atoms with Gasteiger partial charge in [0.1, 0.15) is 6.61 Å². The Balaban J connectivity index is 2.22. The monoisotopic (exact) mass is 411 g/mol. The van der Waals surface area contributed by atoms with Crippen LogP contribution in [0.1, 0.15) is 32.8 Å². The van der Waals surface area contributed by atoms with Crippen molar-refractivity contribution >= 4 is 23.2 Å². The van der Waals surface area contributed by atoms with Crippen molar-refractivity contribution in [3.63, 3.8) is 0 Å². The fourth-order valence-electron chi connectivity index (χ4n) is 3.38. The first-order chi connectivity index (χ1) is 13.8. The molecule has 0 aliphatic carbocycles. The Morgan fingerprint density at radius 1 is 1.38 bits per heavy atom. The third-order valence-electron chi connectivity index (χ3n) is 4.75. The maximum atomic E-state index is 13.7. The van der Waals surface area contributed by atoms with Gasteiger partial charge in [-0.15, -0.1) is 6.54 Å². The third kappa shape index (κ3) is 5.94. The molecule has 1 aromatic carbocycles. The van der Waals surface area contributed by atoms with Gasteiger partial charge in [-0.05, 0) is 30.7 Å². The molecular formula is C20H29F2N4O3-. The highest BCUT2D eigenvalue weighted by molar-refractivity contribution is 5.98. The first-order valence-electron chi connectivity index (χ1n) is 9.78. The summed E-state index contributed by atoms with van der Waals surface area (Å²) in [6, 6.07) is 3.45. The van der Waals surface area contributed by atoms with E-state index in [1.807, 2.05) is 25.7 Å². The number of alkyl halides is 2. The Bertz CT molecular complexity index is 715. The number of anilines is 2. The van der Waals surface area contributed by atoms with E-state index >= 15 is 0 Å². The molecule has 0 radical (unpaired) electrons. The van der Waals surface area contributed by atoms with Crippen LogP contribution < -0.4 is 10.2 Å². The number of carbonyl (C=O) groups is 2. The van der Waals surface area contributed by atoms with Crippen LogP contribution in [0.4, 0.5) is 20.2 Å². The van der Waals surface area contributed by atoms with Crippen LogP contribution in [0.3, 0.4) is 0 Å². The van der Waals surface area contributed by atoms with E-state index in [0.717, 1.165) is 0 Å². The molecule has 1 aliphatic rings. The standard InChI is InChI=1S/C20H29F2N4O3/c1-4-25(11-13(2)3)17(10-23)20(28)24-14-5-6-16(15(9-14)19(21)22)26-7-8-29-12-18(26)27/h5-6,9,13,17,19,23H,4,7-8,10-12H2,1-3H3,(H,24,28)/q-1/t17-/m0/s1. The Morgan fingerprint density at radius 3 is 2.66 bits per heavy atom. The fraction of sp³-hybridized carbons (Fsp3) is 0.600. The van der Waals surface area contributed by atoms with Gasteiger partial charge in [0.2, 0.25) is 5.91 Å². The van der Waals surface area contributed by atoms with Crippen molar-refractivity contribution in [2.24, 2.45) is 5.92 Å². The minimum Gasteiger partial charge on any atom is -0.676 e. The number of rotatable bonds is 9. The average molecular weight is 411 g/mol. The molecule has 0 unspecified atom stereocenters. The second kappa shape index (κ2) is 10.6. The van der Waals surface area contributed by atoms with Crippen molar-refractivity contribution in [3.8, 4) is 0 Å². The minimum absolute atomic E-state index is 0.123. The highest BCUT2D eigenvalue weighted by Gasteiger charge is 2.27. The number of morpholine rings is 1. The van der Waals surface area contributed by atoms with E-state index in [-0.39, 0.29) is 49.1 Å². The summed E-state index contributed by atoms with van der Waals surface area (Å²) in [6.45, 7) is 7.45. The molecule has 1 atom stereocenters. The summed E-state index contributed by atoms with van der Waals surface area (Å²) in [5.41, 5.74) is 7.77. The summed E-state index contributed by atoms with van der Waals surface area (Å²) < 4.78 is 32.4. The highest BCUT2D eigenvalue weighted by Crippen LogP contribution is 2.33. The molecular weight excluding hydrogens is 382 g/mol. The van der Waals surface area contributed by atoms with E-state index < -0.39 is 18.4 Å².